The summed E-state index contributed by atoms with van der Waals surface area (Å²) in [6, 6.07) is 15.2. The number of hydrogen-bond acceptors (Lipinski definition) is 4. The summed E-state index contributed by atoms with van der Waals surface area (Å²) in [6.07, 6.45) is 8.16. The molecule has 2 aromatic carbocycles. The van der Waals surface area contributed by atoms with E-state index >= 15 is 0 Å². The summed E-state index contributed by atoms with van der Waals surface area (Å²) in [6.45, 7) is 0.898. The highest BCUT2D eigenvalue weighted by Gasteiger charge is 2.15. The lowest BCUT2D eigenvalue weighted by Gasteiger charge is -2.22. The summed E-state index contributed by atoms with van der Waals surface area (Å²) in [5.74, 6) is 2.28. The van der Waals surface area contributed by atoms with Crippen LogP contribution in [0, 0.1) is 0 Å². The molecule has 3 rings (SSSR count). The van der Waals surface area contributed by atoms with Crippen molar-refractivity contribution in [2.45, 2.75) is 38.0 Å². The number of amides is 2. The molecule has 1 saturated carbocycles. The lowest BCUT2D eigenvalue weighted by atomic mass is 9.84. The van der Waals surface area contributed by atoms with E-state index < -0.39 is 6.03 Å². The van der Waals surface area contributed by atoms with E-state index in [9.17, 15) is 4.79 Å². The number of nitrogens with two attached hydrogens (primary N) is 1. The van der Waals surface area contributed by atoms with Crippen molar-refractivity contribution in [2.75, 3.05) is 13.2 Å². The molecule has 0 spiro atoms. The molecule has 0 saturated heterocycles. The van der Waals surface area contributed by atoms with Crippen LogP contribution in [0.15, 0.2) is 53.6 Å². The topological polar surface area (TPSA) is 85.9 Å². The van der Waals surface area contributed by atoms with Crippen LogP contribution >= 0.6 is 0 Å². The molecular weight excluding hydrogens is 354 g/mol. The first-order valence-corrected chi connectivity index (χ1v) is 9.75. The first-order chi connectivity index (χ1) is 13.7. The maximum Gasteiger partial charge on any atom is 0.332 e. The predicted molar refractivity (Wildman–Crippen MR) is 110 cm³/mol. The van der Waals surface area contributed by atoms with Crippen molar-refractivity contribution < 1.29 is 14.3 Å². The van der Waals surface area contributed by atoms with Crippen molar-refractivity contribution in [3.8, 4) is 11.5 Å². The van der Waals surface area contributed by atoms with Crippen LogP contribution in [0.1, 0.15) is 49.1 Å². The number of carbonyl (C=O) groups is 1. The van der Waals surface area contributed by atoms with E-state index in [1.165, 1.54) is 43.9 Å². The molecule has 0 unspecified atom stereocenters. The van der Waals surface area contributed by atoms with Crippen LogP contribution in [0.2, 0.25) is 0 Å². The highest BCUT2D eigenvalue weighted by atomic mass is 16.5. The SMILES string of the molecule is NC(=O)NN=Cc1cccc(OCCOc2ccc(C3CCCCC3)cc2)c1. The minimum Gasteiger partial charge on any atom is -0.490 e. The number of nitrogens with zero attached hydrogens (tertiary/aromatic N) is 1. The number of urea groups is 1. The van der Waals surface area contributed by atoms with Crippen LogP contribution in [-0.4, -0.2) is 25.5 Å². The second kappa shape index (κ2) is 10.3. The zero-order valence-electron chi connectivity index (χ0n) is 16.0. The fourth-order valence-electron chi connectivity index (χ4n) is 3.45. The normalized spacial score (nSPS) is 14.7. The van der Waals surface area contributed by atoms with Crippen LogP contribution in [0.5, 0.6) is 11.5 Å². The molecule has 148 valence electrons. The second-order valence-electron chi connectivity index (χ2n) is 6.91. The van der Waals surface area contributed by atoms with Crippen molar-refractivity contribution in [3.63, 3.8) is 0 Å². The third-order valence-electron chi connectivity index (χ3n) is 4.82. The van der Waals surface area contributed by atoms with Gasteiger partial charge in [-0.25, -0.2) is 10.2 Å². The molecule has 0 bridgehead atoms. The Labute approximate surface area is 165 Å². The average Bonchev–Trinajstić information content (AvgIpc) is 2.72. The molecule has 6 heteroatoms. The number of carbonyl (C=O) groups excluding carboxylic acids is 1. The van der Waals surface area contributed by atoms with Crippen molar-refractivity contribution in [2.24, 2.45) is 10.8 Å². The first kappa shape index (κ1) is 19.7. The molecule has 28 heavy (non-hydrogen) atoms. The van der Waals surface area contributed by atoms with Gasteiger partial charge in [0.05, 0.1) is 6.21 Å². The predicted octanol–water partition coefficient (Wildman–Crippen LogP) is 4.19. The van der Waals surface area contributed by atoms with Gasteiger partial charge in [-0.1, -0.05) is 43.5 Å². The molecule has 0 aliphatic heterocycles. The summed E-state index contributed by atoms with van der Waals surface area (Å²) in [5.41, 5.74) is 9.34. The van der Waals surface area contributed by atoms with Crippen molar-refractivity contribution in [1.82, 2.24) is 5.43 Å². The Hall–Kier alpha value is -3.02. The number of nitrogens with one attached hydrogen (secondary N) is 1. The van der Waals surface area contributed by atoms with Crippen molar-refractivity contribution >= 4 is 12.2 Å². The van der Waals surface area contributed by atoms with Gasteiger partial charge in [0, 0.05) is 0 Å². The van der Waals surface area contributed by atoms with E-state index in [-0.39, 0.29) is 0 Å². The number of benzene rings is 2. The Kier molecular flexibility index (Phi) is 7.29. The third-order valence-corrected chi connectivity index (χ3v) is 4.82. The van der Waals surface area contributed by atoms with Crippen molar-refractivity contribution in [1.29, 1.82) is 0 Å². The molecule has 2 aromatic rings. The van der Waals surface area contributed by atoms with Gasteiger partial charge in [0.1, 0.15) is 24.7 Å². The smallest absolute Gasteiger partial charge is 0.332 e. The molecule has 6 nitrogen and oxygen atoms in total. The summed E-state index contributed by atoms with van der Waals surface area (Å²) in [5, 5.41) is 3.73. The van der Waals surface area contributed by atoms with Crippen LogP contribution in [0.3, 0.4) is 0 Å². The van der Waals surface area contributed by atoms with E-state index in [2.05, 4.69) is 22.7 Å². The average molecular weight is 381 g/mol. The van der Waals surface area contributed by atoms with E-state index in [0.29, 0.717) is 24.9 Å². The number of rotatable bonds is 8. The molecule has 3 N–H and O–H groups in total. The van der Waals surface area contributed by atoms with Crippen LogP contribution in [-0.2, 0) is 0 Å². The van der Waals surface area contributed by atoms with Gasteiger partial charge >= 0.3 is 6.03 Å². The van der Waals surface area contributed by atoms with E-state index in [1.807, 2.05) is 36.4 Å². The minimum absolute atomic E-state index is 0.435. The van der Waals surface area contributed by atoms with E-state index in [0.717, 1.165) is 11.3 Å². The van der Waals surface area contributed by atoms with Gasteiger partial charge in [0.25, 0.3) is 0 Å². The fraction of sp³-hybridized carbons (Fsp3) is 0.364. The molecular formula is C22H27N3O3. The maximum atomic E-state index is 10.6. The molecule has 0 radical (unpaired) electrons. The van der Waals surface area contributed by atoms with Gasteiger partial charge in [-0.15, -0.1) is 0 Å². The van der Waals surface area contributed by atoms with Crippen LogP contribution < -0.4 is 20.6 Å². The first-order valence-electron chi connectivity index (χ1n) is 9.75. The van der Waals surface area contributed by atoms with Gasteiger partial charge < -0.3 is 15.2 Å². The summed E-state index contributed by atoms with van der Waals surface area (Å²) < 4.78 is 11.5. The largest absolute Gasteiger partial charge is 0.490 e. The van der Waals surface area contributed by atoms with E-state index in [1.54, 1.807) is 0 Å². The van der Waals surface area contributed by atoms with Gasteiger partial charge in [0.2, 0.25) is 0 Å². The van der Waals surface area contributed by atoms with Crippen LogP contribution in [0.4, 0.5) is 4.79 Å². The third kappa shape index (κ3) is 6.30. The number of ether oxygens (including phenoxy) is 2. The molecule has 0 aromatic heterocycles. The Morgan fingerprint density at radius 3 is 2.46 bits per heavy atom. The van der Waals surface area contributed by atoms with Crippen LogP contribution in [0.25, 0.3) is 0 Å². The van der Waals surface area contributed by atoms with E-state index in [4.69, 9.17) is 15.2 Å². The Bertz CT molecular complexity index is 784. The zero-order chi connectivity index (χ0) is 19.6. The van der Waals surface area contributed by atoms with Gasteiger partial charge in [0.15, 0.2) is 0 Å². The Morgan fingerprint density at radius 1 is 1.04 bits per heavy atom. The summed E-state index contributed by atoms with van der Waals surface area (Å²) in [4.78, 5) is 10.6. The van der Waals surface area contributed by atoms with Crippen molar-refractivity contribution in [3.05, 3.63) is 59.7 Å². The highest BCUT2D eigenvalue weighted by Crippen LogP contribution is 2.33. The fourth-order valence-corrected chi connectivity index (χ4v) is 3.45. The maximum absolute atomic E-state index is 10.6. The molecule has 1 fully saturated rings. The molecule has 1 aliphatic rings. The second-order valence-corrected chi connectivity index (χ2v) is 6.91. The number of hydrazone groups is 1. The molecule has 0 heterocycles. The van der Waals surface area contributed by atoms with Gasteiger partial charge in [-0.2, -0.15) is 5.10 Å². The summed E-state index contributed by atoms with van der Waals surface area (Å²) >= 11 is 0. The van der Waals surface area contributed by atoms with Gasteiger partial charge in [-0.05, 0) is 54.2 Å². The molecule has 1 aliphatic carbocycles. The quantitative estimate of drug-likeness (QED) is 0.408. The summed E-state index contributed by atoms with van der Waals surface area (Å²) in [7, 11) is 0. The standard InChI is InChI=1S/C22H27N3O3/c23-22(26)25-24-16-17-5-4-8-21(15-17)28-14-13-27-20-11-9-19(10-12-20)18-6-2-1-3-7-18/h4-5,8-12,15-16,18H,1-3,6-7,13-14H2,(H3,23,25,26). The lowest BCUT2D eigenvalue weighted by Crippen LogP contribution is -2.24. The Balaban J connectivity index is 1.41. The number of hydrogen-bond donors (Lipinski definition) is 2. The molecule has 2 amide bonds. The Morgan fingerprint density at radius 2 is 1.75 bits per heavy atom. The number of primary amides is 1. The molecule has 0 atom stereocenters. The minimum atomic E-state index is -0.701. The van der Waals surface area contributed by atoms with Gasteiger partial charge in [-0.3, -0.25) is 0 Å². The zero-order valence-corrected chi connectivity index (χ0v) is 16.0. The lowest BCUT2D eigenvalue weighted by molar-refractivity contribution is 0.217. The monoisotopic (exact) mass is 381 g/mol. The highest BCUT2D eigenvalue weighted by molar-refractivity contribution is 5.81.